The summed E-state index contributed by atoms with van der Waals surface area (Å²) in [5.41, 5.74) is 0.562. The van der Waals surface area contributed by atoms with Crippen molar-refractivity contribution in [3.05, 3.63) is 39.4 Å². The lowest BCUT2D eigenvalue weighted by Crippen LogP contribution is -1.78. The second-order valence-electron chi connectivity index (χ2n) is 2.42. The Morgan fingerprint density at radius 1 is 1.21 bits per heavy atom. The minimum absolute atomic E-state index is 0.00540. The smallest absolute Gasteiger partial charge is 0.130 e. The maximum absolute atomic E-state index is 8.53. The van der Waals surface area contributed by atoms with E-state index in [1.165, 1.54) is 6.08 Å². The number of benzene rings is 1. The molecule has 0 bridgehead atoms. The van der Waals surface area contributed by atoms with Crippen molar-refractivity contribution in [2.75, 3.05) is 0 Å². The van der Waals surface area contributed by atoms with E-state index < -0.39 is 0 Å². The third kappa shape index (κ3) is 2.26. The van der Waals surface area contributed by atoms with Crippen LogP contribution in [0.3, 0.4) is 0 Å². The van der Waals surface area contributed by atoms with Gasteiger partial charge in [-0.15, -0.1) is 0 Å². The number of rotatable bonds is 1. The fourth-order valence-corrected chi connectivity index (χ4v) is 1.24. The van der Waals surface area contributed by atoms with Crippen molar-refractivity contribution in [2.24, 2.45) is 0 Å². The van der Waals surface area contributed by atoms with Gasteiger partial charge < -0.3 is 0 Å². The van der Waals surface area contributed by atoms with Gasteiger partial charge in [-0.25, -0.2) is 0 Å². The van der Waals surface area contributed by atoms with E-state index in [1.54, 1.807) is 30.3 Å². The number of hydrogen-bond donors (Lipinski definition) is 0. The molecule has 1 aromatic carbocycles. The second kappa shape index (κ2) is 4.67. The fourth-order valence-electron chi connectivity index (χ4n) is 0.877. The molecule has 1 aromatic rings. The summed E-state index contributed by atoms with van der Waals surface area (Å²) in [6.07, 6.45) is 1.40. The Balaban J connectivity index is 3.24. The normalized spacial score (nSPS) is 8.57. The third-order valence-electron chi connectivity index (χ3n) is 1.52. The zero-order valence-corrected chi connectivity index (χ0v) is 8.47. The standard InChI is InChI=1S/C10H4Cl2N2/c11-9-3-1-2-8(10(9)12)4-7(5-13)6-14/h1-4H. The lowest BCUT2D eigenvalue weighted by atomic mass is 10.1. The molecule has 0 saturated carbocycles. The van der Waals surface area contributed by atoms with E-state index in [0.717, 1.165) is 0 Å². The van der Waals surface area contributed by atoms with Gasteiger partial charge in [-0.3, -0.25) is 0 Å². The number of allylic oxidation sites excluding steroid dienone is 1. The van der Waals surface area contributed by atoms with Gasteiger partial charge in [0.05, 0.1) is 10.0 Å². The third-order valence-corrected chi connectivity index (χ3v) is 2.36. The fraction of sp³-hybridized carbons (Fsp3) is 0. The molecule has 0 N–H and O–H groups in total. The highest BCUT2D eigenvalue weighted by atomic mass is 35.5. The number of halogens is 2. The van der Waals surface area contributed by atoms with Crippen molar-refractivity contribution in [3.8, 4) is 12.1 Å². The highest BCUT2D eigenvalue weighted by Crippen LogP contribution is 2.26. The van der Waals surface area contributed by atoms with Crippen LogP contribution in [0.25, 0.3) is 6.08 Å². The Labute approximate surface area is 91.6 Å². The quantitative estimate of drug-likeness (QED) is 0.684. The van der Waals surface area contributed by atoms with Gasteiger partial charge in [-0.1, -0.05) is 35.3 Å². The maximum Gasteiger partial charge on any atom is 0.130 e. The first kappa shape index (κ1) is 10.6. The molecule has 0 aliphatic carbocycles. The SMILES string of the molecule is N#CC(C#N)=Cc1cccc(Cl)c1Cl. The summed E-state index contributed by atoms with van der Waals surface area (Å²) in [7, 11) is 0. The molecule has 0 aliphatic heterocycles. The summed E-state index contributed by atoms with van der Waals surface area (Å²) in [5, 5.41) is 17.8. The van der Waals surface area contributed by atoms with Gasteiger partial charge >= 0.3 is 0 Å². The minimum atomic E-state index is -0.00540. The van der Waals surface area contributed by atoms with E-state index in [2.05, 4.69) is 0 Å². The van der Waals surface area contributed by atoms with Gasteiger partial charge in [0.15, 0.2) is 0 Å². The first-order chi connectivity index (χ1) is 6.69. The van der Waals surface area contributed by atoms with Gasteiger partial charge in [-0.05, 0) is 17.7 Å². The average molecular weight is 223 g/mol. The molecule has 0 saturated heterocycles. The van der Waals surface area contributed by atoms with E-state index in [9.17, 15) is 0 Å². The highest BCUT2D eigenvalue weighted by Gasteiger charge is 2.02. The molecule has 1 rings (SSSR count). The zero-order chi connectivity index (χ0) is 10.6. The van der Waals surface area contributed by atoms with E-state index in [0.29, 0.717) is 15.6 Å². The van der Waals surface area contributed by atoms with Crippen LogP contribution >= 0.6 is 23.2 Å². The Morgan fingerprint density at radius 3 is 2.43 bits per heavy atom. The van der Waals surface area contributed by atoms with E-state index in [4.69, 9.17) is 33.7 Å². The molecule has 0 fully saturated rings. The van der Waals surface area contributed by atoms with E-state index in [1.807, 2.05) is 0 Å². The van der Waals surface area contributed by atoms with Crippen LogP contribution in [-0.2, 0) is 0 Å². The summed E-state index contributed by atoms with van der Waals surface area (Å²) in [6.45, 7) is 0. The Hall–Kier alpha value is -1.48. The van der Waals surface area contributed by atoms with Crippen LogP contribution in [0, 0.1) is 22.7 Å². The van der Waals surface area contributed by atoms with Gasteiger partial charge in [0.25, 0.3) is 0 Å². The lowest BCUT2D eigenvalue weighted by Gasteiger charge is -1.99. The predicted molar refractivity (Wildman–Crippen MR) is 55.7 cm³/mol. The summed E-state index contributed by atoms with van der Waals surface area (Å²) < 4.78 is 0. The van der Waals surface area contributed by atoms with Crippen molar-refractivity contribution < 1.29 is 0 Å². The van der Waals surface area contributed by atoms with Crippen LogP contribution in [0.1, 0.15) is 5.56 Å². The summed E-state index contributed by atoms with van der Waals surface area (Å²) in [6, 6.07) is 8.51. The van der Waals surface area contributed by atoms with Crippen LogP contribution in [0.15, 0.2) is 23.8 Å². The lowest BCUT2D eigenvalue weighted by molar-refractivity contribution is 1.47. The Kier molecular flexibility index (Phi) is 3.54. The molecular formula is C10H4Cl2N2. The van der Waals surface area contributed by atoms with Gasteiger partial charge in [0.1, 0.15) is 17.7 Å². The number of nitriles is 2. The molecule has 2 nitrogen and oxygen atoms in total. The first-order valence-electron chi connectivity index (χ1n) is 3.65. The topological polar surface area (TPSA) is 47.6 Å². The van der Waals surface area contributed by atoms with E-state index in [-0.39, 0.29) is 5.57 Å². The van der Waals surface area contributed by atoms with Crippen LogP contribution in [-0.4, -0.2) is 0 Å². The molecule has 0 aliphatic rings. The molecule has 0 unspecified atom stereocenters. The summed E-state index contributed by atoms with van der Waals surface area (Å²) in [5.74, 6) is 0. The van der Waals surface area contributed by atoms with Gasteiger partial charge in [-0.2, -0.15) is 10.5 Å². The molecular weight excluding hydrogens is 219 g/mol. The predicted octanol–water partition coefficient (Wildman–Crippen LogP) is 3.42. The zero-order valence-electron chi connectivity index (χ0n) is 6.96. The molecule has 4 heteroatoms. The minimum Gasteiger partial charge on any atom is -0.192 e. The molecule has 68 valence electrons. The van der Waals surface area contributed by atoms with Crippen LogP contribution in [0.4, 0.5) is 0 Å². The molecule has 0 amide bonds. The largest absolute Gasteiger partial charge is 0.192 e. The monoisotopic (exact) mass is 222 g/mol. The Morgan fingerprint density at radius 2 is 1.86 bits per heavy atom. The molecule has 0 atom stereocenters. The molecule has 0 radical (unpaired) electrons. The van der Waals surface area contributed by atoms with Crippen molar-refractivity contribution >= 4 is 29.3 Å². The maximum atomic E-state index is 8.53. The molecule has 0 aromatic heterocycles. The molecule has 14 heavy (non-hydrogen) atoms. The second-order valence-corrected chi connectivity index (χ2v) is 3.21. The summed E-state index contributed by atoms with van der Waals surface area (Å²) in [4.78, 5) is 0. The van der Waals surface area contributed by atoms with Gasteiger partial charge in [0.2, 0.25) is 0 Å². The van der Waals surface area contributed by atoms with Crippen molar-refractivity contribution in [3.63, 3.8) is 0 Å². The number of hydrogen-bond acceptors (Lipinski definition) is 2. The van der Waals surface area contributed by atoms with Crippen LogP contribution in [0.5, 0.6) is 0 Å². The van der Waals surface area contributed by atoms with Crippen molar-refractivity contribution in [2.45, 2.75) is 0 Å². The molecule has 0 spiro atoms. The van der Waals surface area contributed by atoms with E-state index >= 15 is 0 Å². The first-order valence-corrected chi connectivity index (χ1v) is 4.40. The van der Waals surface area contributed by atoms with Crippen molar-refractivity contribution in [1.29, 1.82) is 10.5 Å². The summed E-state index contributed by atoms with van der Waals surface area (Å²) >= 11 is 11.6. The Bertz CT molecular complexity index is 448. The van der Waals surface area contributed by atoms with Crippen molar-refractivity contribution in [1.82, 2.24) is 0 Å². The number of nitrogens with zero attached hydrogens (tertiary/aromatic N) is 2. The van der Waals surface area contributed by atoms with Crippen LogP contribution in [0.2, 0.25) is 10.0 Å². The highest BCUT2D eigenvalue weighted by molar-refractivity contribution is 6.42. The average Bonchev–Trinajstić information content (AvgIpc) is 2.20. The molecule has 0 heterocycles. The van der Waals surface area contributed by atoms with Crippen LogP contribution < -0.4 is 0 Å². The van der Waals surface area contributed by atoms with Gasteiger partial charge in [0, 0.05) is 0 Å².